The van der Waals surface area contributed by atoms with Crippen molar-refractivity contribution in [2.24, 2.45) is 11.7 Å². The number of ether oxygens (including phenoxy) is 1. The van der Waals surface area contributed by atoms with Crippen LogP contribution in [0.25, 0.3) is 0 Å². The number of carbonyl (C=O) groups excluding carboxylic acids is 5. The number of benzene rings is 2. The van der Waals surface area contributed by atoms with Crippen molar-refractivity contribution in [1.82, 2.24) is 31.9 Å². The molecule has 3 atom stereocenters. The quantitative estimate of drug-likeness (QED) is 0.153. The summed E-state index contributed by atoms with van der Waals surface area (Å²) < 4.78 is 10.9. The van der Waals surface area contributed by atoms with Gasteiger partial charge < -0.3 is 46.6 Å². The van der Waals surface area contributed by atoms with Crippen LogP contribution in [0.3, 0.4) is 0 Å². The third kappa shape index (κ3) is 14.5. The number of nitrogens with two attached hydrogens (primary N) is 1. The minimum atomic E-state index is -0.976. The molecule has 1 aromatic heterocycles. The standard InChI is InChI=1S/C43H57N7O8/c44-18-21-57-22-19-45-42(55)36-24-29-7-5-8-30(23-29)27-46-38(51)12-3-4-13-39(52)48-34-16-14-31(15-17-34)41(54)50-37(26-35-11-6-20-58-35)43(56)47-28-33-10-2-1-9-32(33)25-40(53)49-36/h1-3,5-12,20,23,31,34,36-37,41,50,54H,4,13-19,21-22,24-28,44H2,(H,45,55)(H,46,51)(H,47,56)(H,48,52)(H,49,53)/b12-3+/t31?,34?,36-,37-,41?/m0/s1. The summed E-state index contributed by atoms with van der Waals surface area (Å²) in [5, 5.41) is 29.1. The average Bonchev–Trinajstić information content (AvgIpc) is 3.74. The van der Waals surface area contributed by atoms with Crippen LogP contribution >= 0.6 is 0 Å². The van der Waals surface area contributed by atoms with Crippen molar-refractivity contribution in [3.05, 3.63) is 107 Å². The Morgan fingerprint density at radius 3 is 2.45 bits per heavy atom. The van der Waals surface area contributed by atoms with Gasteiger partial charge in [-0.15, -0.1) is 0 Å². The molecular formula is C43H57N7O8. The van der Waals surface area contributed by atoms with Crippen molar-refractivity contribution in [3.63, 3.8) is 0 Å². The minimum Gasteiger partial charge on any atom is -0.469 e. The van der Waals surface area contributed by atoms with E-state index in [0.717, 1.165) is 16.7 Å². The predicted octanol–water partition coefficient (Wildman–Crippen LogP) is 1.42. The second-order valence-corrected chi connectivity index (χ2v) is 14.8. The first-order valence-corrected chi connectivity index (χ1v) is 20.1. The molecule has 5 amide bonds. The van der Waals surface area contributed by atoms with E-state index in [1.807, 2.05) is 42.5 Å². The SMILES string of the molecule is NCCOCCNC(=O)[C@@H]1Cc2cccc(c2)CNC(=O)/C=C/CCC(=O)NC2CCC(CC2)C(O)N[C@@H](Cc2ccco2)C(=O)NCc2ccccc2CC(=O)N1. The number of aliphatic hydroxyl groups is 1. The molecule has 1 aliphatic carbocycles. The van der Waals surface area contributed by atoms with Crippen LogP contribution in [-0.4, -0.2) is 85.3 Å². The monoisotopic (exact) mass is 799 g/mol. The van der Waals surface area contributed by atoms with E-state index in [1.54, 1.807) is 24.3 Å². The van der Waals surface area contributed by atoms with Crippen molar-refractivity contribution in [1.29, 1.82) is 0 Å². The van der Waals surface area contributed by atoms with Crippen LogP contribution in [0.5, 0.6) is 0 Å². The fourth-order valence-corrected chi connectivity index (χ4v) is 7.22. The fraction of sp³-hybridized carbons (Fsp3) is 0.465. The Kier molecular flexibility index (Phi) is 17.5. The van der Waals surface area contributed by atoms with Gasteiger partial charge in [0, 0.05) is 51.5 Å². The van der Waals surface area contributed by atoms with Gasteiger partial charge in [-0.05, 0) is 78.5 Å². The summed E-state index contributed by atoms with van der Waals surface area (Å²) in [4.78, 5) is 66.1. The van der Waals surface area contributed by atoms with Gasteiger partial charge in [0.15, 0.2) is 0 Å². The Morgan fingerprint density at radius 2 is 1.67 bits per heavy atom. The zero-order valence-electron chi connectivity index (χ0n) is 32.9. The summed E-state index contributed by atoms with van der Waals surface area (Å²) in [5.41, 5.74) is 8.47. The third-order valence-electron chi connectivity index (χ3n) is 10.3. The number of amides is 5. The van der Waals surface area contributed by atoms with Crippen LogP contribution in [0.4, 0.5) is 0 Å². The van der Waals surface area contributed by atoms with Gasteiger partial charge >= 0.3 is 0 Å². The Labute approximate surface area is 339 Å². The molecule has 0 spiro atoms. The number of fused-ring (bicyclic) bond motifs is 18. The largest absolute Gasteiger partial charge is 0.469 e. The van der Waals surface area contributed by atoms with E-state index >= 15 is 0 Å². The third-order valence-corrected chi connectivity index (χ3v) is 10.3. The highest BCUT2D eigenvalue weighted by atomic mass is 16.5. The molecule has 15 nitrogen and oxygen atoms in total. The fourth-order valence-electron chi connectivity index (χ4n) is 7.22. The van der Waals surface area contributed by atoms with Crippen LogP contribution in [0.15, 0.2) is 83.5 Å². The highest BCUT2D eigenvalue weighted by Gasteiger charge is 2.31. The Hall–Kier alpha value is -5.35. The molecule has 4 bridgehead atoms. The van der Waals surface area contributed by atoms with E-state index in [1.165, 1.54) is 12.3 Å². The molecule has 3 aromatic rings. The first kappa shape index (κ1) is 43.8. The van der Waals surface area contributed by atoms with Crippen molar-refractivity contribution < 1.29 is 38.2 Å². The second kappa shape index (κ2) is 23.2. The molecule has 0 saturated heterocycles. The molecule has 3 heterocycles. The first-order valence-electron chi connectivity index (χ1n) is 20.1. The zero-order valence-corrected chi connectivity index (χ0v) is 32.9. The molecule has 0 radical (unpaired) electrons. The first-order chi connectivity index (χ1) is 28.2. The zero-order chi connectivity index (χ0) is 41.1. The average molecular weight is 800 g/mol. The van der Waals surface area contributed by atoms with Crippen LogP contribution < -0.4 is 37.6 Å². The molecule has 9 N–H and O–H groups in total. The lowest BCUT2D eigenvalue weighted by Crippen LogP contribution is -2.52. The summed E-state index contributed by atoms with van der Waals surface area (Å²) in [6.45, 7) is 1.56. The molecule has 312 valence electrons. The van der Waals surface area contributed by atoms with E-state index in [2.05, 4.69) is 31.9 Å². The molecule has 1 unspecified atom stereocenters. The van der Waals surface area contributed by atoms with Crippen molar-refractivity contribution in [2.75, 3.05) is 26.3 Å². The van der Waals surface area contributed by atoms with Crippen LogP contribution in [-0.2, 0) is 61.1 Å². The molecule has 1 saturated carbocycles. The summed E-state index contributed by atoms with van der Waals surface area (Å²) in [6, 6.07) is 16.4. The van der Waals surface area contributed by atoms with E-state index < -0.39 is 18.3 Å². The lowest BCUT2D eigenvalue weighted by Gasteiger charge is -2.33. The summed E-state index contributed by atoms with van der Waals surface area (Å²) in [5.74, 6) is -1.07. The van der Waals surface area contributed by atoms with Gasteiger partial charge in [0.25, 0.3) is 0 Å². The van der Waals surface area contributed by atoms with Crippen LogP contribution in [0.1, 0.15) is 66.5 Å². The molecule has 2 aliphatic heterocycles. The summed E-state index contributed by atoms with van der Waals surface area (Å²) >= 11 is 0. The molecule has 15 heteroatoms. The lowest BCUT2D eigenvalue weighted by atomic mass is 9.84. The van der Waals surface area contributed by atoms with Crippen molar-refractivity contribution in [3.8, 4) is 0 Å². The normalized spacial score (nSPS) is 23.7. The highest BCUT2D eigenvalue weighted by Crippen LogP contribution is 2.27. The number of allylic oxidation sites excluding steroid dienone is 1. The molecule has 6 rings (SSSR count). The number of nitrogens with one attached hydrogen (secondary N) is 6. The predicted molar refractivity (Wildman–Crippen MR) is 216 cm³/mol. The number of aliphatic hydroxyl groups excluding tert-OH is 1. The Morgan fingerprint density at radius 1 is 0.879 bits per heavy atom. The number of carbonyl (C=O) groups is 5. The maximum absolute atomic E-state index is 13.7. The molecule has 2 aromatic carbocycles. The minimum absolute atomic E-state index is 0.0230. The molecular weight excluding hydrogens is 743 g/mol. The lowest BCUT2D eigenvalue weighted by molar-refractivity contribution is -0.128. The van der Waals surface area contributed by atoms with Crippen molar-refractivity contribution in [2.45, 2.75) is 95.2 Å². The van der Waals surface area contributed by atoms with Gasteiger partial charge in [-0.25, -0.2) is 0 Å². The molecule has 58 heavy (non-hydrogen) atoms. The maximum atomic E-state index is 13.7. The topological polar surface area (TPSA) is 226 Å². The van der Waals surface area contributed by atoms with Gasteiger partial charge in [-0.3, -0.25) is 29.3 Å². The number of hydrogen-bond acceptors (Lipinski definition) is 10. The van der Waals surface area contributed by atoms with Gasteiger partial charge in [-0.2, -0.15) is 0 Å². The van der Waals surface area contributed by atoms with E-state index in [0.29, 0.717) is 56.6 Å². The number of hydrogen-bond donors (Lipinski definition) is 8. The smallest absolute Gasteiger partial charge is 0.243 e. The van der Waals surface area contributed by atoms with Crippen LogP contribution in [0, 0.1) is 5.92 Å². The number of furan rings is 1. The second-order valence-electron chi connectivity index (χ2n) is 14.8. The van der Waals surface area contributed by atoms with Crippen molar-refractivity contribution >= 4 is 29.5 Å². The highest BCUT2D eigenvalue weighted by molar-refractivity contribution is 5.89. The number of rotatable bonds is 8. The van der Waals surface area contributed by atoms with Gasteiger partial charge in [0.05, 0.1) is 31.9 Å². The van der Waals surface area contributed by atoms with Gasteiger partial charge in [0.2, 0.25) is 29.5 Å². The van der Waals surface area contributed by atoms with Crippen LogP contribution in [0.2, 0.25) is 0 Å². The molecule has 1 fully saturated rings. The summed E-state index contributed by atoms with van der Waals surface area (Å²) in [6.07, 6.45) is 7.27. The van der Waals surface area contributed by atoms with Gasteiger partial charge in [0.1, 0.15) is 18.0 Å². The van der Waals surface area contributed by atoms with Gasteiger partial charge in [-0.1, -0.05) is 54.6 Å². The maximum Gasteiger partial charge on any atom is 0.243 e. The van der Waals surface area contributed by atoms with E-state index in [4.69, 9.17) is 14.9 Å². The summed E-state index contributed by atoms with van der Waals surface area (Å²) in [7, 11) is 0. The molecule has 3 aliphatic rings. The van der Waals surface area contributed by atoms with E-state index in [-0.39, 0.29) is 93.4 Å². The van der Waals surface area contributed by atoms with E-state index in [9.17, 15) is 29.1 Å². The Bertz CT molecular complexity index is 1830. The Balaban J connectivity index is 1.34.